The fraction of sp³-hybridized carbons (Fsp3) is 0.462. The maximum atomic E-state index is 12.1. The van der Waals surface area contributed by atoms with Crippen molar-refractivity contribution in [1.29, 1.82) is 0 Å². The van der Waals surface area contributed by atoms with Crippen molar-refractivity contribution in [2.24, 2.45) is 5.92 Å². The Morgan fingerprint density at radius 1 is 1.58 bits per heavy atom. The minimum atomic E-state index is -0.204. The van der Waals surface area contributed by atoms with Crippen LogP contribution in [0.25, 0.3) is 0 Å². The Hall–Kier alpha value is -0.530. The summed E-state index contributed by atoms with van der Waals surface area (Å²) in [5, 5.41) is 12.6. The molecule has 0 aliphatic heterocycles. The average molecular weight is 396 g/mol. The maximum absolute atomic E-state index is 12.1. The first-order valence-electron chi connectivity index (χ1n) is 6.00. The lowest BCUT2D eigenvalue weighted by Gasteiger charge is -2.31. The summed E-state index contributed by atoms with van der Waals surface area (Å²) < 4.78 is 6.04. The molecule has 0 aromatic heterocycles. The minimum Gasteiger partial charge on any atom is -0.496 e. The molecule has 2 rings (SSSR count). The van der Waals surface area contributed by atoms with Gasteiger partial charge in [0.2, 0.25) is 0 Å². The van der Waals surface area contributed by atoms with Crippen molar-refractivity contribution in [3.8, 4) is 5.75 Å². The monoisotopic (exact) mass is 395 g/mol. The number of rotatable bonds is 4. The molecule has 19 heavy (non-hydrogen) atoms. The third kappa shape index (κ3) is 3.52. The fourth-order valence-electron chi connectivity index (χ4n) is 2.07. The van der Waals surface area contributed by atoms with E-state index in [9.17, 15) is 9.90 Å². The van der Waals surface area contributed by atoms with Crippen LogP contribution in [0.5, 0.6) is 5.75 Å². The van der Waals surface area contributed by atoms with Gasteiger partial charge in [-0.05, 0) is 53.5 Å². The second-order valence-electron chi connectivity index (χ2n) is 4.67. The van der Waals surface area contributed by atoms with E-state index >= 15 is 0 Å². The Bertz CT molecular complexity index is 489. The van der Waals surface area contributed by atoms with Gasteiger partial charge in [-0.15, -0.1) is 0 Å². The fourth-order valence-corrected chi connectivity index (χ4v) is 2.68. The summed E-state index contributed by atoms with van der Waals surface area (Å²) in [5.74, 6) is 0.681. The zero-order valence-electron chi connectivity index (χ0n) is 10.5. The average Bonchev–Trinajstić information content (AvgIpc) is 2.35. The van der Waals surface area contributed by atoms with Gasteiger partial charge in [-0.3, -0.25) is 4.79 Å². The van der Waals surface area contributed by atoms with E-state index in [0.717, 1.165) is 16.4 Å². The van der Waals surface area contributed by atoms with E-state index < -0.39 is 0 Å². The van der Waals surface area contributed by atoms with Crippen LogP contribution in [-0.4, -0.2) is 30.8 Å². The molecule has 0 atom stereocenters. The highest BCUT2D eigenvalue weighted by Gasteiger charge is 2.27. The summed E-state index contributed by atoms with van der Waals surface area (Å²) in [5.41, 5.74) is 0.438. The summed E-state index contributed by atoms with van der Waals surface area (Å²) in [7, 11) is 1.53. The second-order valence-corrected chi connectivity index (χ2v) is 6.24. The molecule has 0 bridgehead atoms. The Balaban J connectivity index is 2.03. The van der Waals surface area contributed by atoms with Crippen LogP contribution in [0, 0.1) is 9.49 Å². The largest absolute Gasteiger partial charge is 0.496 e. The first-order chi connectivity index (χ1) is 9.01. The van der Waals surface area contributed by atoms with Crippen LogP contribution in [0.1, 0.15) is 23.2 Å². The van der Waals surface area contributed by atoms with Crippen molar-refractivity contribution in [2.45, 2.75) is 18.9 Å². The Morgan fingerprint density at radius 3 is 2.84 bits per heavy atom. The number of nitrogens with one attached hydrogen (secondary N) is 1. The number of methoxy groups -OCH3 is 1. The lowest BCUT2D eigenvalue weighted by molar-refractivity contribution is 0.0420. The van der Waals surface area contributed by atoms with Gasteiger partial charge in [0.05, 0.1) is 23.8 Å². The number of aliphatic hydroxyl groups is 1. The molecule has 1 aromatic rings. The van der Waals surface area contributed by atoms with E-state index in [1.807, 2.05) is 0 Å². The van der Waals surface area contributed by atoms with Crippen LogP contribution in [0.4, 0.5) is 0 Å². The molecule has 1 saturated carbocycles. The predicted molar refractivity (Wildman–Crippen MR) is 81.8 cm³/mol. The minimum absolute atomic E-state index is 0.198. The van der Waals surface area contributed by atoms with Crippen molar-refractivity contribution in [1.82, 2.24) is 5.32 Å². The third-order valence-corrected chi connectivity index (χ3v) is 4.77. The normalized spacial score (nSPS) is 21.7. The van der Waals surface area contributed by atoms with Gasteiger partial charge in [-0.1, -0.05) is 11.6 Å². The highest BCUT2D eigenvalue weighted by Crippen LogP contribution is 2.29. The summed E-state index contributed by atoms with van der Waals surface area (Å²) in [4.78, 5) is 12.1. The molecule has 0 unspecified atom stereocenters. The van der Waals surface area contributed by atoms with E-state index in [1.54, 1.807) is 12.1 Å². The van der Waals surface area contributed by atoms with Gasteiger partial charge in [-0.2, -0.15) is 0 Å². The zero-order chi connectivity index (χ0) is 14.0. The summed E-state index contributed by atoms with van der Waals surface area (Å²) in [6.45, 7) is 0.572. The van der Waals surface area contributed by atoms with Gasteiger partial charge >= 0.3 is 0 Å². The van der Waals surface area contributed by atoms with Gasteiger partial charge in [0.25, 0.3) is 5.91 Å². The molecular formula is C13H15ClINO3. The van der Waals surface area contributed by atoms with E-state index in [2.05, 4.69) is 27.9 Å². The summed E-state index contributed by atoms with van der Waals surface area (Å²) in [6, 6.07) is 3.36. The van der Waals surface area contributed by atoms with Crippen LogP contribution in [-0.2, 0) is 0 Å². The van der Waals surface area contributed by atoms with Crippen LogP contribution < -0.4 is 10.1 Å². The summed E-state index contributed by atoms with van der Waals surface area (Å²) in [6.07, 6.45) is 1.31. The number of hydrogen-bond donors (Lipinski definition) is 2. The zero-order valence-corrected chi connectivity index (χ0v) is 13.4. The first kappa shape index (κ1) is 14.9. The van der Waals surface area contributed by atoms with Crippen molar-refractivity contribution in [2.75, 3.05) is 13.7 Å². The molecule has 2 N–H and O–H groups in total. The van der Waals surface area contributed by atoms with Gasteiger partial charge in [-0.25, -0.2) is 0 Å². The first-order valence-corrected chi connectivity index (χ1v) is 7.46. The van der Waals surface area contributed by atoms with Gasteiger partial charge in [0, 0.05) is 10.1 Å². The molecule has 104 valence electrons. The van der Waals surface area contributed by atoms with Crippen molar-refractivity contribution in [3.63, 3.8) is 0 Å². The van der Waals surface area contributed by atoms with E-state index in [0.29, 0.717) is 28.8 Å². The van der Waals surface area contributed by atoms with Gasteiger partial charge in [0.15, 0.2) is 0 Å². The van der Waals surface area contributed by atoms with Crippen LogP contribution in [0.2, 0.25) is 5.02 Å². The number of carbonyl (C=O) groups is 1. The van der Waals surface area contributed by atoms with Crippen LogP contribution in [0.3, 0.4) is 0 Å². The topological polar surface area (TPSA) is 58.6 Å². The molecule has 1 fully saturated rings. The number of benzene rings is 1. The quantitative estimate of drug-likeness (QED) is 0.770. The molecule has 0 heterocycles. The molecule has 1 aromatic carbocycles. The summed E-state index contributed by atoms with van der Waals surface area (Å²) >= 11 is 8.12. The van der Waals surface area contributed by atoms with Gasteiger partial charge in [0.1, 0.15) is 5.75 Å². The van der Waals surface area contributed by atoms with Crippen LogP contribution >= 0.6 is 34.2 Å². The molecule has 1 amide bonds. The SMILES string of the molecule is COc1cc(I)c(Cl)cc1C(=O)NCC1CC(O)C1. The van der Waals surface area contributed by atoms with Crippen molar-refractivity contribution >= 4 is 40.1 Å². The van der Waals surface area contributed by atoms with E-state index in [-0.39, 0.29) is 12.0 Å². The van der Waals surface area contributed by atoms with E-state index in [1.165, 1.54) is 7.11 Å². The molecule has 4 nitrogen and oxygen atoms in total. The number of amides is 1. The predicted octanol–water partition coefficient (Wildman–Crippen LogP) is 2.45. The Morgan fingerprint density at radius 2 is 2.26 bits per heavy atom. The highest BCUT2D eigenvalue weighted by molar-refractivity contribution is 14.1. The lowest BCUT2D eigenvalue weighted by atomic mass is 9.82. The number of ether oxygens (including phenoxy) is 1. The number of hydrogen-bond acceptors (Lipinski definition) is 3. The molecule has 0 radical (unpaired) electrons. The van der Waals surface area contributed by atoms with Gasteiger partial charge < -0.3 is 15.2 Å². The molecule has 6 heteroatoms. The number of halogens is 2. The van der Waals surface area contributed by atoms with Crippen molar-refractivity contribution < 1.29 is 14.6 Å². The molecular weight excluding hydrogens is 381 g/mol. The molecule has 0 spiro atoms. The lowest BCUT2D eigenvalue weighted by Crippen LogP contribution is -2.38. The van der Waals surface area contributed by atoms with Crippen molar-refractivity contribution in [3.05, 3.63) is 26.3 Å². The number of aliphatic hydroxyl groups excluding tert-OH is 1. The Labute approximate surface area is 130 Å². The second kappa shape index (κ2) is 6.28. The van der Waals surface area contributed by atoms with Crippen LogP contribution in [0.15, 0.2) is 12.1 Å². The number of carbonyl (C=O) groups excluding carboxylic acids is 1. The Kier molecular flexibility index (Phi) is 4.92. The molecule has 0 saturated heterocycles. The molecule has 1 aliphatic carbocycles. The molecule has 1 aliphatic rings. The smallest absolute Gasteiger partial charge is 0.255 e. The third-order valence-electron chi connectivity index (χ3n) is 3.25. The van der Waals surface area contributed by atoms with E-state index in [4.69, 9.17) is 16.3 Å². The highest BCUT2D eigenvalue weighted by atomic mass is 127. The standard InChI is InChI=1S/C13H15ClINO3/c1-19-12-5-11(15)10(14)4-9(12)13(18)16-6-7-2-8(17)3-7/h4-5,7-8,17H,2-3,6H2,1H3,(H,16,18). The maximum Gasteiger partial charge on any atom is 0.255 e.